The number of hydrogen-bond donors (Lipinski definition) is 1. The number of methoxy groups -OCH3 is 1. The Morgan fingerprint density at radius 2 is 1.85 bits per heavy atom. The van der Waals surface area contributed by atoms with E-state index in [0.29, 0.717) is 17.1 Å². The van der Waals surface area contributed by atoms with Gasteiger partial charge in [-0.3, -0.25) is 9.59 Å². The third kappa shape index (κ3) is 4.23. The van der Waals surface area contributed by atoms with Gasteiger partial charge in [0.05, 0.1) is 31.5 Å². The van der Waals surface area contributed by atoms with Crippen LogP contribution in [0.1, 0.15) is 54.8 Å². The number of amides is 1. The Morgan fingerprint density at radius 1 is 1.09 bits per heavy atom. The molecule has 3 aromatic rings. The molecule has 1 saturated heterocycles. The molecule has 0 radical (unpaired) electrons. The fraction of sp³-hybridized carbons (Fsp3) is 0.286. The summed E-state index contributed by atoms with van der Waals surface area (Å²) < 4.78 is 11.0. The molecule has 0 aliphatic carbocycles. The molecule has 1 aliphatic heterocycles. The van der Waals surface area contributed by atoms with Gasteiger partial charge in [-0.05, 0) is 48.2 Å². The maximum atomic E-state index is 13.3. The first-order valence-corrected chi connectivity index (χ1v) is 11.2. The number of aryl methyl sites for hydroxylation is 1. The molecule has 4 rings (SSSR count). The highest BCUT2D eigenvalue weighted by Crippen LogP contribution is 2.41. The lowest BCUT2D eigenvalue weighted by molar-refractivity contribution is -0.140. The van der Waals surface area contributed by atoms with Gasteiger partial charge in [-0.1, -0.05) is 50.6 Å². The summed E-state index contributed by atoms with van der Waals surface area (Å²) >= 11 is 0. The van der Waals surface area contributed by atoms with E-state index in [-0.39, 0.29) is 23.3 Å². The van der Waals surface area contributed by atoms with E-state index in [1.54, 1.807) is 31.4 Å². The molecular formula is C28H29NO5. The van der Waals surface area contributed by atoms with Crippen LogP contribution < -0.4 is 4.74 Å². The fourth-order valence-corrected chi connectivity index (χ4v) is 4.40. The molecule has 0 spiro atoms. The molecule has 34 heavy (non-hydrogen) atoms. The molecule has 6 nitrogen and oxygen atoms in total. The van der Waals surface area contributed by atoms with Crippen LogP contribution in [0.5, 0.6) is 5.75 Å². The van der Waals surface area contributed by atoms with Gasteiger partial charge in [0, 0.05) is 11.1 Å². The quantitative estimate of drug-likeness (QED) is 0.309. The Bertz CT molecular complexity index is 1260. The zero-order valence-electron chi connectivity index (χ0n) is 20.1. The van der Waals surface area contributed by atoms with Crippen molar-refractivity contribution in [2.24, 2.45) is 0 Å². The van der Waals surface area contributed by atoms with E-state index >= 15 is 0 Å². The highest BCUT2D eigenvalue weighted by molar-refractivity contribution is 6.46. The standard InChI is InChI=1S/C28H29NO5/c1-17-8-6-9-18(14-17)24-23(26(31)27(32)29(24)16-20-10-7-13-34-20)25(30)19-11-12-22(33-5)21(15-19)28(2,3)4/h6-15,24,30H,16H2,1-5H3/b25-23-. The van der Waals surface area contributed by atoms with Gasteiger partial charge in [0.2, 0.25) is 0 Å². The summed E-state index contributed by atoms with van der Waals surface area (Å²) in [5.74, 6) is -0.353. The minimum absolute atomic E-state index is 0.0622. The first-order valence-electron chi connectivity index (χ1n) is 11.2. The van der Waals surface area contributed by atoms with E-state index in [4.69, 9.17) is 9.15 Å². The summed E-state index contributed by atoms with van der Waals surface area (Å²) in [6.45, 7) is 8.20. The molecule has 1 unspecified atom stereocenters. The SMILES string of the molecule is COc1ccc(/C(O)=C2/C(=O)C(=O)N(Cc3ccco3)C2c2cccc(C)c2)cc1C(C)(C)C. The van der Waals surface area contributed by atoms with Gasteiger partial charge >= 0.3 is 0 Å². The van der Waals surface area contributed by atoms with Gasteiger partial charge in [-0.25, -0.2) is 0 Å². The molecule has 0 saturated carbocycles. The van der Waals surface area contributed by atoms with Crippen LogP contribution in [0.3, 0.4) is 0 Å². The van der Waals surface area contributed by atoms with Gasteiger partial charge in [0.15, 0.2) is 0 Å². The molecule has 0 bridgehead atoms. The number of aliphatic hydroxyl groups excluding tert-OH is 1. The molecule has 2 aromatic carbocycles. The molecular weight excluding hydrogens is 430 g/mol. The molecule has 1 amide bonds. The third-order valence-electron chi connectivity index (χ3n) is 6.09. The second-order valence-electron chi connectivity index (χ2n) is 9.59. The second kappa shape index (κ2) is 8.86. The van der Waals surface area contributed by atoms with E-state index in [0.717, 1.165) is 16.7 Å². The summed E-state index contributed by atoms with van der Waals surface area (Å²) in [4.78, 5) is 27.9. The monoisotopic (exact) mass is 459 g/mol. The summed E-state index contributed by atoms with van der Waals surface area (Å²) in [5.41, 5.74) is 2.88. The topological polar surface area (TPSA) is 80.0 Å². The normalized spacial score (nSPS) is 17.9. The molecule has 1 N–H and O–H groups in total. The van der Waals surface area contributed by atoms with Crippen LogP contribution in [0.2, 0.25) is 0 Å². The number of likely N-dealkylation sites (tertiary alicyclic amines) is 1. The van der Waals surface area contributed by atoms with Gasteiger partial charge in [0.25, 0.3) is 11.7 Å². The highest BCUT2D eigenvalue weighted by Gasteiger charge is 2.46. The number of hydrogen-bond acceptors (Lipinski definition) is 5. The van der Waals surface area contributed by atoms with Crippen LogP contribution in [-0.2, 0) is 21.5 Å². The number of nitrogens with zero attached hydrogens (tertiary/aromatic N) is 1. The minimum Gasteiger partial charge on any atom is -0.507 e. The number of carbonyl (C=O) groups excluding carboxylic acids is 2. The maximum absolute atomic E-state index is 13.3. The van der Waals surface area contributed by atoms with Crippen molar-refractivity contribution in [1.29, 1.82) is 0 Å². The number of benzene rings is 2. The Balaban J connectivity index is 1.90. The molecule has 1 atom stereocenters. The molecule has 1 aliphatic rings. The summed E-state index contributed by atoms with van der Waals surface area (Å²) in [5, 5.41) is 11.4. The van der Waals surface area contributed by atoms with Crippen LogP contribution in [0, 0.1) is 6.92 Å². The van der Waals surface area contributed by atoms with Crippen molar-refractivity contribution in [3.8, 4) is 5.75 Å². The van der Waals surface area contributed by atoms with Gasteiger partial charge in [-0.2, -0.15) is 0 Å². The summed E-state index contributed by atoms with van der Waals surface area (Å²) in [7, 11) is 1.60. The molecule has 2 heterocycles. The van der Waals surface area contributed by atoms with Crippen molar-refractivity contribution in [2.75, 3.05) is 7.11 Å². The van der Waals surface area contributed by atoms with Gasteiger partial charge < -0.3 is 19.2 Å². The van der Waals surface area contributed by atoms with Gasteiger partial charge in [-0.15, -0.1) is 0 Å². The number of ketones is 1. The third-order valence-corrected chi connectivity index (χ3v) is 6.09. The van der Waals surface area contributed by atoms with E-state index in [1.807, 2.05) is 58.0 Å². The number of ether oxygens (including phenoxy) is 1. The van der Waals surface area contributed by atoms with Crippen molar-refractivity contribution in [3.05, 3.63) is 94.4 Å². The second-order valence-corrected chi connectivity index (χ2v) is 9.59. The predicted octanol–water partition coefficient (Wildman–Crippen LogP) is 5.52. The maximum Gasteiger partial charge on any atom is 0.296 e. The van der Waals surface area contributed by atoms with E-state index < -0.39 is 17.7 Å². The van der Waals surface area contributed by atoms with E-state index in [2.05, 4.69) is 0 Å². The Labute approximate surface area is 199 Å². The Morgan fingerprint density at radius 3 is 2.47 bits per heavy atom. The molecule has 6 heteroatoms. The average Bonchev–Trinajstić information content (AvgIpc) is 3.40. The number of rotatable bonds is 5. The number of Topliss-reactive ketones (excluding diaryl/α,β-unsaturated/α-hetero) is 1. The summed E-state index contributed by atoms with van der Waals surface area (Å²) in [6, 6.07) is 15.7. The van der Waals surface area contributed by atoms with Gasteiger partial charge in [0.1, 0.15) is 17.3 Å². The van der Waals surface area contributed by atoms with Crippen LogP contribution in [0.15, 0.2) is 70.9 Å². The number of furan rings is 1. The van der Waals surface area contributed by atoms with Crippen LogP contribution in [-0.4, -0.2) is 28.8 Å². The molecule has 176 valence electrons. The Hall–Kier alpha value is -3.80. The van der Waals surface area contributed by atoms with Crippen molar-refractivity contribution in [2.45, 2.75) is 45.7 Å². The first-order chi connectivity index (χ1) is 16.1. The zero-order chi connectivity index (χ0) is 24.6. The highest BCUT2D eigenvalue weighted by atomic mass is 16.5. The van der Waals surface area contributed by atoms with Crippen molar-refractivity contribution < 1.29 is 23.8 Å². The largest absolute Gasteiger partial charge is 0.507 e. The van der Waals surface area contributed by atoms with Crippen molar-refractivity contribution in [3.63, 3.8) is 0 Å². The van der Waals surface area contributed by atoms with Crippen LogP contribution in [0.4, 0.5) is 0 Å². The first kappa shape index (κ1) is 23.4. The van der Waals surface area contributed by atoms with Crippen LogP contribution in [0.25, 0.3) is 5.76 Å². The minimum atomic E-state index is -0.745. The zero-order valence-corrected chi connectivity index (χ0v) is 20.1. The lowest BCUT2D eigenvalue weighted by Crippen LogP contribution is -2.29. The number of aliphatic hydroxyl groups is 1. The van der Waals surface area contributed by atoms with E-state index in [9.17, 15) is 14.7 Å². The fourth-order valence-electron chi connectivity index (χ4n) is 4.40. The Kier molecular flexibility index (Phi) is 6.09. The smallest absolute Gasteiger partial charge is 0.296 e. The number of carbonyl (C=O) groups is 2. The summed E-state index contributed by atoms with van der Waals surface area (Å²) in [6.07, 6.45) is 1.53. The van der Waals surface area contributed by atoms with Crippen molar-refractivity contribution >= 4 is 17.4 Å². The predicted molar refractivity (Wildman–Crippen MR) is 129 cm³/mol. The average molecular weight is 460 g/mol. The molecule has 1 aromatic heterocycles. The molecule has 1 fully saturated rings. The van der Waals surface area contributed by atoms with Crippen molar-refractivity contribution in [1.82, 2.24) is 4.90 Å². The van der Waals surface area contributed by atoms with Crippen LogP contribution >= 0.6 is 0 Å². The van der Waals surface area contributed by atoms with E-state index in [1.165, 1.54) is 11.2 Å². The lowest BCUT2D eigenvalue weighted by atomic mass is 9.84. The lowest BCUT2D eigenvalue weighted by Gasteiger charge is -2.25.